The standard InChI is InChI=1S/C20H20F2N4/c21-16-6-7-17(18(22)10-16)20-15(11-24-25-20)12-26-9-8-23-19(13-26)14-4-2-1-3-5-14/h1-7,10-11,19,23H,8-9,12-13H2,(H,24,25)/t19-/m1/s1. The van der Waals surface area contributed by atoms with Crippen molar-refractivity contribution in [3.63, 3.8) is 0 Å². The Balaban J connectivity index is 1.52. The number of halogens is 2. The number of hydrogen-bond acceptors (Lipinski definition) is 3. The number of nitrogens with zero attached hydrogens (tertiary/aromatic N) is 2. The number of hydrogen-bond donors (Lipinski definition) is 2. The van der Waals surface area contributed by atoms with Gasteiger partial charge in [-0.05, 0) is 17.7 Å². The fraction of sp³-hybridized carbons (Fsp3) is 0.250. The number of piperazine rings is 1. The molecule has 1 aromatic heterocycles. The van der Waals surface area contributed by atoms with Gasteiger partial charge in [0.25, 0.3) is 0 Å². The number of aromatic amines is 1. The van der Waals surface area contributed by atoms with E-state index in [2.05, 4.69) is 32.5 Å². The summed E-state index contributed by atoms with van der Waals surface area (Å²) >= 11 is 0. The normalized spacial score (nSPS) is 18.2. The van der Waals surface area contributed by atoms with Gasteiger partial charge in [-0.1, -0.05) is 30.3 Å². The van der Waals surface area contributed by atoms with Gasteiger partial charge in [0.1, 0.15) is 11.6 Å². The molecule has 6 heteroatoms. The largest absolute Gasteiger partial charge is 0.308 e. The molecule has 2 aromatic carbocycles. The molecule has 4 rings (SSSR count). The molecule has 0 amide bonds. The van der Waals surface area contributed by atoms with Gasteiger partial charge in [0, 0.05) is 49.4 Å². The van der Waals surface area contributed by atoms with Crippen molar-refractivity contribution in [2.75, 3.05) is 19.6 Å². The Labute approximate surface area is 150 Å². The van der Waals surface area contributed by atoms with E-state index in [9.17, 15) is 8.78 Å². The van der Waals surface area contributed by atoms with Crippen LogP contribution in [0.25, 0.3) is 11.3 Å². The summed E-state index contributed by atoms with van der Waals surface area (Å²) in [5.74, 6) is -1.17. The fourth-order valence-corrected chi connectivity index (χ4v) is 3.46. The third-order valence-electron chi connectivity index (χ3n) is 4.77. The zero-order valence-corrected chi connectivity index (χ0v) is 14.3. The molecule has 3 aromatic rings. The van der Waals surface area contributed by atoms with Crippen LogP contribution in [0.2, 0.25) is 0 Å². The highest BCUT2D eigenvalue weighted by Gasteiger charge is 2.22. The maximum Gasteiger partial charge on any atom is 0.135 e. The first-order chi connectivity index (χ1) is 12.7. The van der Waals surface area contributed by atoms with Crippen LogP contribution in [-0.2, 0) is 6.54 Å². The third-order valence-corrected chi connectivity index (χ3v) is 4.77. The summed E-state index contributed by atoms with van der Waals surface area (Å²) in [6.07, 6.45) is 1.72. The van der Waals surface area contributed by atoms with Crippen molar-refractivity contribution < 1.29 is 8.78 Å². The lowest BCUT2D eigenvalue weighted by molar-refractivity contribution is 0.193. The second-order valence-electron chi connectivity index (χ2n) is 6.55. The number of benzene rings is 2. The Morgan fingerprint density at radius 3 is 2.77 bits per heavy atom. The molecule has 26 heavy (non-hydrogen) atoms. The quantitative estimate of drug-likeness (QED) is 0.754. The van der Waals surface area contributed by atoms with E-state index in [4.69, 9.17) is 0 Å². The minimum atomic E-state index is -0.585. The number of aromatic nitrogens is 2. The molecule has 2 N–H and O–H groups in total. The summed E-state index contributed by atoms with van der Waals surface area (Å²) < 4.78 is 27.3. The minimum Gasteiger partial charge on any atom is -0.308 e. The first-order valence-corrected chi connectivity index (χ1v) is 8.69. The summed E-state index contributed by atoms with van der Waals surface area (Å²) in [7, 11) is 0. The highest BCUT2D eigenvalue weighted by atomic mass is 19.1. The van der Waals surface area contributed by atoms with Crippen LogP contribution in [-0.4, -0.2) is 34.7 Å². The van der Waals surface area contributed by atoms with E-state index >= 15 is 0 Å². The Morgan fingerprint density at radius 1 is 1.12 bits per heavy atom. The Kier molecular flexibility index (Phi) is 4.77. The maximum absolute atomic E-state index is 14.1. The molecule has 1 aliphatic heterocycles. The second-order valence-corrected chi connectivity index (χ2v) is 6.55. The van der Waals surface area contributed by atoms with Crippen LogP contribution in [0.3, 0.4) is 0 Å². The molecule has 2 heterocycles. The molecule has 134 valence electrons. The molecule has 4 nitrogen and oxygen atoms in total. The van der Waals surface area contributed by atoms with Crippen molar-refractivity contribution in [1.29, 1.82) is 0 Å². The topological polar surface area (TPSA) is 44.0 Å². The van der Waals surface area contributed by atoms with E-state index in [0.717, 1.165) is 31.3 Å². The molecule has 0 radical (unpaired) electrons. The summed E-state index contributed by atoms with van der Waals surface area (Å²) in [5.41, 5.74) is 3.12. The zero-order chi connectivity index (χ0) is 17.9. The van der Waals surface area contributed by atoms with Crippen LogP contribution in [0.4, 0.5) is 8.78 Å². The summed E-state index contributed by atoms with van der Waals surface area (Å²) in [5, 5.41) is 10.5. The lowest BCUT2D eigenvalue weighted by Crippen LogP contribution is -2.45. The van der Waals surface area contributed by atoms with Gasteiger partial charge in [0.05, 0.1) is 11.9 Å². The highest BCUT2D eigenvalue weighted by molar-refractivity contribution is 5.63. The van der Waals surface area contributed by atoms with Crippen molar-refractivity contribution >= 4 is 0 Å². The van der Waals surface area contributed by atoms with E-state index in [1.807, 2.05) is 18.2 Å². The van der Waals surface area contributed by atoms with Gasteiger partial charge in [0.2, 0.25) is 0 Å². The minimum absolute atomic E-state index is 0.267. The lowest BCUT2D eigenvalue weighted by Gasteiger charge is -2.34. The molecule has 0 saturated carbocycles. The van der Waals surface area contributed by atoms with Crippen molar-refractivity contribution in [2.45, 2.75) is 12.6 Å². The highest BCUT2D eigenvalue weighted by Crippen LogP contribution is 2.27. The fourth-order valence-electron chi connectivity index (χ4n) is 3.46. The summed E-state index contributed by atoms with van der Waals surface area (Å²) in [4.78, 5) is 2.32. The smallest absolute Gasteiger partial charge is 0.135 e. The third kappa shape index (κ3) is 3.52. The van der Waals surface area contributed by atoms with Crippen LogP contribution in [0, 0.1) is 11.6 Å². The molecule has 0 spiro atoms. The van der Waals surface area contributed by atoms with Crippen LogP contribution < -0.4 is 5.32 Å². The molecule has 0 aliphatic carbocycles. The molecular weight excluding hydrogens is 334 g/mol. The predicted molar refractivity (Wildman–Crippen MR) is 96.4 cm³/mol. The second kappa shape index (κ2) is 7.35. The van der Waals surface area contributed by atoms with Crippen molar-refractivity contribution in [3.8, 4) is 11.3 Å². The van der Waals surface area contributed by atoms with E-state index < -0.39 is 11.6 Å². The van der Waals surface area contributed by atoms with Crippen molar-refractivity contribution in [2.24, 2.45) is 0 Å². The molecular formula is C20H20F2N4. The van der Waals surface area contributed by atoms with Crippen molar-refractivity contribution in [1.82, 2.24) is 20.4 Å². The van der Waals surface area contributed by atoms with Gasteiger partial charge < -0.3 is 5.32 Å². The zero-order valence-electron chi connectivity index (χ0n) is 14.3. The number of nitrogens with one attached hydrogen (secondary N) is 2. The van der Waals surface area contributed by atoms with Gasteiger partial charge in [-0.3, -0.25) is 10.00 Å². The van der Waals surface area contributed by atoms with Gasteiger partial charge in [-0.2, -0.15) is 5.10 Å². The van der Waals surface area contributed by atoms with E-state index in [-0.39, 0.29) is 6.04 Å². The van der Waals surface area contributed by atoms with Gasteiger partial charge >= 0.3 is 0 Å². The number of rotatable bonds is 4. The van der Waals surface area contributed by atoms with E-state index in [1.54, 1.807) is 6.20 Å². The van der Waals surface area contributed by atoms with E-state index in [0.29, 0.717) is 17.8 Å². The SMILES string of the molecule is Fc1ccc(-c2[nH]ncc2CN2CCN[C@@H](c3ccccc3)C2)c(F)c1. The van der Waals surface area contributed by atoms with Gasteiger partial charge in [-0.15, -0.1) is 0 Å². The maximum atomic E-state index is 14.1. The first-order valence-electron chi connectivity index (χ1n) is 8.69. The lowest BCUT2D eigenvalue weighted by atomic mass is 10.0. The number of H-pyrrole nitrogens is 1. The van der Waals surface area contributed by atoms with Crippen LogP contribution in [0.15, 0.2) is 54.7 Å². The Morgan fingerprint density at radius 2 is 1.96 bits per heavy atom. The molecule has 1 atom stereocenters. The molecule has 1 saturated heterocycles. The molecule has 1 fully saturated rings. The summed E-state index contributed by atoms with van der Waals surface area (Å²) in [6, 6.07) is 14.2. The van der Waals surface area contributed by atoms with Gasteiger partial charge in [0.15, 0.2) is 0 Å². The first kappa shape index (κ1) is 16.9. The van der Waals surface area contributed by atoms with Crippen LogP contribution in [0.1, 0.15) is 17.2 Å². The van der Waals surface area contributed by atoms with Crippen molar-refractivity contribution in [3.05, 3.63) is 77.5 Å². The monoisotopic (exact) mass is 354 g/mol. The summed E-state index contributed by atoms with van der Waals surface area (Å²) in [6.45, 7) is 3.31. The Hall–Kier alpha value is -2.57. The van der Waals surface area contributed by atoms with E-state index in [1.165, 1.54) is 17.7 Å². The predicted octanol–water partition coefficient (Wildman–Crippen LogP) is 3.50. The molecule has 0 bridgehead atoms. The van der Waals surface area contributed by atoms with Gasteiger partial charge in [-0.25, -0.2) is 8.78 Å². The average Bonchev–Trinajstić information content (AvgIpc) is 3.10. The van der Waals surface area contributed by atoms with Crippen LogP contribution in [0.5, 0.6) is 0 Å². The Bertz CT molecular complexity index is 879. The molecule has 1 aliphatic rings. The van der Waals surface area contributed by atoms with Crippen LogP contribution >= 0.6 is 0 Å². The average molecular weight is 354 g/mol. The molecule has 0 unspecified atom stereocenters.